The molecule has 0 aliphatic rings. The third-order valence-corrected chi connectivity index (χ3v) is 3.68. The van der Waals surface area contributed by atoms with Crippen molar-refractivity contribution < 1.29 is 19.1 Å². The number of para-hydroxylation sites is 4. The first-order valence-corrected chi connectivity index (χ1v) is 8.34. The van der Waals surface area contributed by atoms with Crippen LogP contribution < -0.4 is 14.2 Å². The Labute approximate surface area is 147 Å². The van der Waals surface area contributed by atoms with Crippen LogP contribution in [0.4, 0.5) is 5.69 Å². The van der Waals surface area contributed by atoms with Crippen LogP contribution in [0, 0.1) is 10.1 Å². The van der Waals surface area contributed by atoms with E-state index in [-0.39, 0.29) is 5.69 Å². The lowest BCUT2D eigenvalue weighted by Crippen LogP contribution is -2.02. The van der Waals surface area contributed by atoms with E-state index in [4.69, 9.17) is 14.2 Å². The molecule has 0 heterocycles. The van der Waals surface area contributed by atoms with E-state index in [0.717, 1.165) is 37.2 Å². The van der Waals surface area contributed by atoms with E-state index >= 15 is 0 Å². The van der Waals surface area contributed by atoms with Crippen LogP contribution in [-0.2, 0) is 0 Å². The number of rotatable bonds is 11. The molecule has 0 saturated carbocycles. The summed E-state index contributed by atoms with van der Waals surface area (Å²) in [4.78, 5) is 10.5. The van der Waals surface area contributed by atoms with Gasteiger partial charge in [-0.2, -0.15) is 0 Å². The highest BCUT2D eigenvalue weighted by Gasteiger charge is 2.12. The Hall–Kier alpha value is -2.76. The van der Waals surface area contributed by atoms with Crippen molar-refractivity contribution in [1.29, 1.82) is 0 Å². The molecule has 0 N–H and O–H groups in total. The molecular formula is C19H23NO5. The zero-order valence-electron chi connectivity index (χ0n) is 14.3. The first-order chi connectivity index (χ1) is 12.2. The molecule has 6 nitrogen and oxygen atoms in total. The number of benzene rings is 2. The van der Waals surface area contributed by atoms with Crippen molar-refractivity contribution >= 4 is 5.69 Å². The fourth-order valence-corrected chi connectivity index (χ4v) is 2.39. The predicted molar refractivity (Wildman–Crippen MR) is 95.5 cm³/mol. The van der Waals surface area contributed by atoms with Crippen LogP contribution in [0.25, 0.3) is 0 Å². The van der Waals surface area contributed by atoms with E-state index in [1.165, 1.54) is 6.07 Å². The summed E-state index contributed by atoms with van der Waals surface area (Å²) < 4.78 is 16.5. The minimum atomic E-state index is -0.426. The number of nitro groups is 1. The lowest BCUT2D eigenvalue weighted by atomic mass is 10.2. The Bertz CT molecular complexity index is 674. The molecule has 25 heavy (non-hydrogen) atoms. The molecule has 0 bridgehead atoms. The average Bonchev–Trinajstić information content (AvgIpc) is 2.64. The third kappa shape index (κ3) is 5.99. The van der Waals surface area contributed by atoms with Gasteiger partial charge >= 0.3 is 5.69 Å². The van der Waals surface area contributed by atoms with Gasteiger partial charge in [0.25, 0.3) is 0 Å². The van der Waals surface area contributed by atoms with Crippen LogP contribution in [-0.4, -0.2) is 25.2 Å². The Balaban J connectivity index is 1.59. The van der Waals surface area contributed by atoms with Gasteiger partial charge in [-0.15, -0.1) is 0 Å². The van der Waals surface area contributed by atoms with E-state index in [1.807, 2.05) is 24.3 Å². The summed E-state index contributed by atoms with van der Waals surface area (Å²) in [6.45, 7) is 1.10. The van der Waals surface area contributed by atoms with Gasteiger partial charge in [0.05, 0.1) is 25.2 Å². The quantitative estimate of drug-likeness (QED) is 0.337. The van der Waals surface area contributed by atoms with Gasteiger partial charge in [-0.25, -0.2) is 0 Å². The lowest BCUT2D eigenvalue weighted by molar-refractivity contribution is -0.385. The zero-order valence-corrected chi connectivity index (χ0v) is 14.3. The molecule has 0 spiro atoms. The van der Waals surface area contributed by atoms with Crippen LogP contribution in [0.3, 0.4) is 0 Å². The second kappa shape index (κ2) is 10.2. The number of unbranched alkanes of at least 4 members (excludes halogenated alkanes) is 3. The summed E-state index contributed by atoms with van der Waals surface area (Å²) in [5.41, 5.74) is 0.00714. The molecule has 0 fully saturated rings. The molecule has 0 aliphatic heterocycles. The lowest BCUT2D eigenvalue weighted by Gasteiger charge is -2.10. The second-order valence-corrected chi connectivity index (χ2v) is 5.49. The minimum Gasteiger partial charge on any atom is -0.493 e. The van der Waals surface area contributed by atoms with Crippen molar-refractivity contribution in [2.45, 2.75) is 25.7 Å². The molecule has 0 aliphatic carbocycles. The summed E-state index contributed by atoms with van der Waals surface area (Å²) in [7, 11) is 1.62. The van der Waals surface area contributed by atoms with Crippen molar-refractivity contribution in [3.8, 4) is 17.2 Å². The molecule has 2 aromatic carbocycles. The molecule has 6 heteroatoms. The van der Waals surface area contributed by atoms with E-state index < -0.39 is 4.92 Å². The molecule has 0 radical (unpaired) electrons. The third-order valence-electron chi connectivity index (χ3n) is 3.68. The molecule has 0 amide bonds. The maximum atomic E-state index is 10.9. The topological polar surface area (TPSA) is 70.8 Å². The van der Waals surface area contributed by atoms with Gasteiger partial charge in [0.1, 0.15) is 0 Å². The smallest absolute Gasteiger partial charge is 0.310 e. The van der Waals surface area contributed by atoms with Gasteiger partial charge in [0, 0.05) is 6.07 Å². The minimum absolute atomic E-state index is 0.00714. The number of nitro benzene ring substituents is 1. The maximum Gasteiger partial charge on any atom is 0.310 e. The Kier molecular flexibility index (Phi) is 7.56. The SMILES string of the molecule is COc1ccccc1OCCCCCCOc1ccccc1[N+](=O)[O-]. The molecule has 0 aromatic heterocycles. The second-order valence-electron chi connectivity index (χ2n) is 5.49. The van der Waals surface area contributed by atoms with Crippen molar-refractivity contribution in [2.24, 2.45) is 0 Å². The van der Waals surface area contributed by atoms with E-state index in [0.29, 0.717) is 19.0 Å². The first kappa shape index (κ1) is 18.6. The summed E-state index contributed by atoms with van der Waals surface area (Å²) in [5.74, 6) is 1.82. The number of hydrogen-bond donors (Lipinski definition) is 0. The highest BCUT2D eigenvalue weighted by Crippen LogP contribution is 2.27. The van der Waals surface area contributed by atoms with E-state index in [2.05, 4.69) is 0 Å². The fourth-order valence-electron chi connectivity index (χ4n) is 2.39. The van der Waals surface area contributed by atoms with Crippen LogP contribution in [0.5, 0.6) is 17.2 Å². The Morgan fingerprint density at radius 1 is 0.800 bits per heavy atom. The van der Waals surface area contributed by atoms with Crippen molar-refractivity contribution in [2.75, 3.05) is 20.3 Å². The number of hydrogen-bond acceptors (Lipinski definition) is 5. The van der Waals surface area contributed by atoms with Gasteiger partial charge in [-0.1, -0.05) is 24.3 Å². The number of ether oxygens (including phenoxy) is 3. The highest BCUT2D eigenvalue weighted by molar-refractivity contribution is 5.45. The normalized spacial score (nSPS) is 10.3. The summed E-state index contributed by atoms with van der Waals surface area (Å²) in [5, 5.41) is 10.9. The van der Waals surface area contributed by atoms with Gasteiger partial charge in [-0.3, -0.25) is 10.1 Å². The molecule has 0 unspecified atom stereocenters. The number of nitrogens with zero attached hydrogens (tertiary/aromatic N) is 1. The molecule has 0 atom stereocenters. The largest absolute Gasteiger partial charge is 0.493 e. The van der Waals surface area contributed by atoms with Crippen molar-refractivity contribution in [3.63, 3.8) is 0 Å². The van der Waals surface area contributed by atoms with Gasteiger partial charge in [-0.05, 0) is 43.9 Å². The van der Waals surface area contributed by atoms with Crippen molar-refractivity contribution in [1.82, 2.24) is 0 Å². The monoisotopic (exact) mass is 345 g/mol. The van der Waals surface area contributed by atoms with Crippen LogP contribution >= 0.6 is 0 Å². The zero-order chi connectivity index (χ0) is 17.9. The molecule has 2 rings (SSSR count). The van der Waals surface area contributed by atoms with E-state index in [9.17, 15) is 10.1 Å². The first-order valence-electron chi connectivity index (χ1n) is 8.34. The average molecular weight is 345 g/mol. The van der Waals surface area contributed by atoms with Crippen LogP contribution in [0.1, 0.15) is 25.7 Å². The number of methoxy groups -OCH3 is 1. The summed E-state index contributed by atoms with van der Waals surface area (Å²) in [6, 6.07) is 14.0. The van der Waals surface area contributed by atoms with Gasteiger partial charge in [0.2, 0.25) is 0 Å². The van der Waals surface area contributed by atoms with Crippen molar-refractivity contribution in [3.05, 3.63) is 58.6 Å². The summed E-state index contributed by atoms with van der Waals surface area (Å²) >= 11 is 0. The molecule has 134 valence electrons. The fraction of sp³-hybridized carbons (Fsp3) is 0.368. The maximum absolute atomic E-state index is 10.9. The predicted octanol–water partition coefficient (Wildman–Crippen LogP) is 4.62. The Morgan fingerprint density at radius 3 is 1.92 bits per heavy atom. The van der Waals surface area contributed by atoms with Crippen LogP contribution in [0.2, 0.25) is 0 Å². The van der Waals surface area contributed by atoms with E-state index in [1.54, 1.807) is 25.3 Å². The molecule has 0 saturated heterocycles. The van der Waals surface area contributed by atoms with Gasteiger partial charge in [0.15, 0.2) is 17.2 Å². The standard InChI is InChI=1S/C19H23NO5/c1-23-18-12-6-7-13-19(18)25-15-9-3-2-8-14-24-17-11-5-4-10-16(17)20(21)22/h4-7,10-13H,2-3,8-9,14-15H2,1H3. The molecular weight excluding hydrogens is 322 g/mol. The molecule has 2 aromatic rings. The Morgan fingerprint density at radius 2 is 1.32 bits per heavy atom. The van der Waals surface area contributed by atoms with Gasteiger partial charge < -0.3 is 14.2 Å². The highest BCUT2D eigenvalue weighted by atomic mass is 16.6. The van der Waals surface area contributed by atoms with Crippen LogP contribution in [0.15, 0.2) is 48.5 Å². The summed E-state index contributed by atoms with van der Waals surface area (Å²) in [6.07, 6.45) is 3.77.